The lowest BCUT2D eigenvalue weighted by Crippen LogP contribution is -2.08. The zero-order valence-corrected chi connectivity index (χ0v) is 11.5. The molecular weight excluding hydrogens is 254 g/mol. The summed E-state index contributed by atoms with van der Waals surface area (Å²) < 4.78 is 8.62. The summed E-state index contributed by atoms with van der Waals surface area (Å²) in [6.07, 6.45) is 0. The molecule has 0 bridgehead atoms. The Morgan fingerprint density at radius 1 is 1.20 bits per heavy atom. The Morgan fingerprint density at radius 3 is 2.60 bits per heavy atom. The fourth-order valence-corrected chi connectivity index (χ4v) is 2.38. The molecule has 0 aliphatic carbocycles. The molecule has 0 N–H and O–H groups in total. The smallest absolute Gasteiger partial charge is 0.408 e. The third-order valence-corrected chi connectivity index (χ3v) is 3.74. The normalized spacial score (nSPS) is 10.9. The van der Waals surface area contributed by atoms with Crippen LogP contribution in [0.5, 0.6) is 0 Å². The maximum Gasteiger partial charge on any atom is 0.419 e. The van der Waals surface area contributed by atoms with Gasteiger partial charge in [-0.05, 0) is 25.1 Å². The van der Waals surface area contributed by atoms with Crippen molar-refractivity contribution >= 4 is 11.1 Å². The van der Waals surface area contributed by atoms with Crippen molar-refractivity contribution in [2.45, 2.75) is 6.92 Å². The Balaban J connectivity index is 2.25. The predicted octanol–water partition coefficient (Wildman–Crippen LogP) is 2.32. The molecule has 0 aliphatic rings. The monoisotopic (exact) mass is 267 g/mol. The van der Waals surface area contributed by atoms with Crippen molar-refractivity contribution in [3.8, 4) is 17.3 Å². The average molecular weight is 267 g/mol. The first-order chi connectivity index (χ1) is 9.52. The van der Waals surface area contributed by atoms with Gasteiger partial charge in [0.2, 0.25) is 0 Å². The van der Waals surface area contributed by atoms with Crippen LogP contribution in [0.3, 0.4) is 0 Å². The van der Waals surface area contributed by atoms with Gasteiger partial charge < -0.3 is 8.98 Å². The maximum absolute atomic E-state index is 11.5. The SMILES string of the molecule is Cc1c(C#N)cc(-c2ccc3c(c2)oc(=O)n3C)n1C. The van der Waals surface area contributed by atoms with Crippen LogP contribution in [0, 0.1) is 18.3 Å². The van der Waals surface area contributed by atoms with Crippen LogP contribution in [-0.4, -0.2) is 9.13 Å². The Morgan fingerprint density at radius 2 is 1.95 bits per heavy atom. The molecule has 1 aromatic carbocycles. The number of rotatable bonds is 1. The topological polar surface area (TPSA) is 63.9 Å². The van der Waals surface area contributed by atoms with Gasteiger partial charge >= 0.3 is 5.76 Å². The van der Waals surface area contributed by atoms with Crippen LogP contribution in [0.1, 0.15) is 11.3 Å². The van der Waals surface area contributed by atoms with E-state index in [1.807, 2.05) is 42.8 Å². The van der Waals surface area contributed by atoms with E-state index in [1.165, 1.54) is 4.57 Å². The number of oxazole rings is 1. The molecule has 3 aromatic rings. The highest BCUT2D eigenvalue weighted by atomic mass is 16.4. The van der Waals surface area contributed by atoms with Crippen LogP contribution in [0.2, 0.25) is 0 Å². The first-order valence-corrected chi connectivity index (χ1v) is 6.19. The van der Waals surface area contributed by atoms with Gasteiger partial charge in [-0.25, -0.2) is 4.79 Å². The van der Waals surface area contributed by atoms with Gasteiger partial charge in [-0.15, -0.1) is 0 Å². The van der Waals surface area contributed by atoms with Crippen LogP contribution in [-0.2, 0) is 14.1 Å². The zero-order valence-electron chi connectivity index (χ0n) is 11.5. The molecular formula is C15H13N3O2. The van der Waals surface area contributed by atoms with E-state index in [2.05, 4.69) is 6.07 Å². The Labute approximate surface area is 115 Å². The summed E-state index contributed by atoms with van der Waals surface area (Å²) in [5, 5.41) is 9.09. The minimum Gasteiger partial charge on any atom is -0.408 e. The second kappa shape index (κ2) is 4.14. The first-order valence-electron chi connectivity index (χ1n) is 6.19. The Bertz CT molecular complexity index is 919. The molecule has 0 spiro atoms. The van der Waals surface area contributed by atoms with Crippen molar-refractivity contribution in [2.75, 3.05) is 0 Å². The summed E-state index contributed by atoms with van der Waals surface area (Å²) in [5.41, 5.74) is 4.71. The molecule has 0 saturated heterocycles. The van der Waals surface area contributed by atoms with E-state index in [1.54, 1.807) is 7.05 Å². The van der Waals surface area contributed by atoms with Gasteiger partial charge in [-0.2, -0.15) is 5.26 Å². The quantitative estimate of drug-likeness (QED) is 0.679. The van der Waals surface area contributed by atoms with Crippen LogP contribution < -0.4 is 5.76 Å². The van der Waals surface area contributed by atoms with Crippen molar-refractivity contribution in [3.63, 3.8) is 0 Å². The number of aryl methyl sites for hydroxylation is 1. The molecule has 100 valence electrons. The predicted molar refractivity (Wildman–Crippen MR) is 75.3 cm³/mol. The summed E-state index contributed by atoms with van der Waals surface area (Å²) in [6.45, 7) is 1.91. The van der Waals surface area contributed by atoms with E-state index >= 15 is 0 Å². The van der Waals surface area contributed by atoms with E-state index in [4.69, 9.17) is 9.68 Å². The summed E-state index contributed by atoms with van der Waals surface area (Å²) in [6, 6.07) is 9.62. The zero-order chi connectivity index (χ0) is 14.4. The summed E-state index contributed by atoms with van der Waals surface area (Å²) in [7, 11) is 3.59. The lowest BCUT2D eigenvalue weighted by Gasteiger charge is -2.05. The molecule has 5 heteroatoms. The summed E-state index contributed by atoms with van der Waals surface area (Å²) in [4.78, 5) is 11.5. The molecule has 2 aromatic heterocycles. The minimum atomic E-state index is -0.377. The van der Waals surface area contributed by atoms with E-state index in [0.29, 0.717) is 11.1 Å². The third kappa shape index (κ3) is 1.58. The number of hydrogen-bond donors (Lipinski definition) is 0. The van der Waals surface area contributed by atoms with Crippen molar-refractivity contribution in [3.05, 3.63) is 46.1 Å². The second-order valence-electron chi connectivity index (χ2n) is 4.81. The molecule has 0 saturated carbocycles. The molecule has 2 heterocycles. The van der Waals surface area contributed by atoms with Crippen LogP contribution in [0.25, 0.3) is 22.4 Å². The van der Waals surface area contributed by atoms with Crippen molar-refractivity contribution < 1.29 is 4.42 Å². The van der Waals surface area contributed by atoms with E-state index < -0.39 is 0 Å². The van der Waals surface area contributed by atoms with Crippen LogP contribution in [0.4, 0.5) is 0 Å². The lowest BCUT2D eigenvalue weighted by molar-refractivity contribution is 0.528. The van der Waals surface area contributed by atoms with E-state index in [0.717, 1.165) is 22.5 Å². The molecule has 0 fully saturated rings. The fourth-order valence-electron chi connectivity index (χ4n) is 2.38. The highest BCUT2D eigenvalue weighted by Crippen LogP contribution is 2.27. The summed E-state index contributed by atoms with van der Waals surface area (Å²) >= 11 is 0. The first kappa shape index (κ1) is 12.3. The lowest BCUT2D eigenvalue weighted by atomic mass is 10.1. The Hall–Kier alpha value is -2.74. The molecule has 0 radical (unpaired) electrons. The number of aromatic nitrogens is 2. The van der Waals surface area contributed by atoms with Gasteiger partial charge in [0, 0.05) is 31.0 Å². The molecule has 0 amide bonds. The number of fused-ring (bicyclic) bond motifs is 1. The number of nitrogens with zero attached hydrogens (tertiary/aromatic N) is 3. The fraction of sp³-hybridized carbons (Fsp3) is 0.200. The van der Waals surface area contributed by atoms with E-state index in [9.17, 15) is 4.79 Å². The highest BCUT2D eigenvalue weighted by Gasteiger charge is 2.13. The van der Waals surface area contributed by atoms with Gasteiger partial charge in [-0.3, -0.25) is 4.57 Å². The second-order valence-corrected chi connectivity index (χ2v) is 4.81. The average Bonchev–Trinajstić information content (AvgIpc) is 2.89. The molecule has 3 rings (SSSR count). The van der Waals surface area contributed by atoms with Crippen LogP contribution in [0.15, 0.2) is 33.5 Å². The molecule has 5 nitrogen and oxygen atoms in total. The largest absolute Gasteiger partial charge is 0.419 e. The number of nitriles is 1. The minimum absolute atomic E-state index is 0.377. The Kier molecular flexibility index (Phi) is 2.54. The number of benzene rings is 1. The maximum atomic E-state index is 11.5. The van der Waals surface area contributed by atoms with Gasteiger partial charge in [0.15, 0.2) is 5.58 Å². The van der Waals surface area contributed by atoms with Gasteiger partial charge in [0.25, 0.3) is 0 Å². The van der Waals surface area contributed by atoms with Crippen molar-refractivity contribution in [1.82, 2.24) is 9.13 Å². The van der Waals surface area contributed by atoms with Gasteiger partial charge in [-0.1, -0.05) is 6.07 Å². The summed E-state index contributed by atoms with van der Waals surface area (Å²) in [5.74, 6) is -0.377. The number of hydrogen-bond acceptors (Lipinski definition) is 3. The van der Waals surface area contributed by atoms with Gasteiger partial charge in [0.1, 0.15) is 6.07 Å². The third-order valence-electron chi connectivity index (χ3n) is 3.74. The molecule has 0 aliphatic heterocycles. The molecule has 0 unspecified atom stereocenters. The molecule has 0 atom stereocenters. The standard InChI is InChI=1S/C15H13N3O2/c1-9-11(8-16)6-13(17(9)2)10-4-5-12-14(7-10)20-15(19)18(12)3/h4-7H,1-3H3. The van der Waals surface area contributed by atoms with Crippen LogP contribution >= 0.6 is 0 Å². The van der Waals surface area contributed by atoms with Crippen molar-refractivity contribution in [1.29, 1.82) is 5.26 Å². The molecule has 20 heavy (non-hydrogen) atoms. The van der Waals surface area contributed by atoms with E-state index in [-0.39, 0.29) is 5.76 Å². The van der Waals surface area contributed by atoms with Crippen molar-refractivity contribution in [2.24, 2.45) is 14.1 Å². The van der Waals surface area contributed by atoms with Gasteiger partial charge in [0.05, 0.1) is 11.1 Å². The highest BCUT2D eigenvalue weighted by molar-refractivity contribution is 5.80.